The molecule has 0 aliphatic heterocycles. The van der Waals surface area contributed by atoms with Crippen molar-refractivity contribution in [1.82, 2.24) is 52.9 Å². The summed E-state index contributed by atoms with van der Waals surface area (Å²) in [5.74, 6) is 0. The van der Waals surface area contributed by atoms with Crippen LogP contribution in [0.15, 0.2) is 0 Å². The van der Waals surface area contributed by atoms with Crippen LogP contribution in [0.5, 0.6) is 0 Å². The molecule has 0 saturated heterocycles. The molecule has 25 heteroatoms. The number of unbranched alkanes of at least 4 members (excludes halogenated alkanes) is 3. The van der Waals surface area contributed by atoms with Gasteiger partial charge < -0.3 is 82.2 Å². The molecule has 35 heavy (non-hydrogen) atoms. The lowest BCUT2D eigenvalue weighted by Gasteiger charge is -2.23. The fourth-order valence-electron chi connectivity index (χ4n) is 2.44. The molecule has 0 saturated carbocycles. The Morgan fingerprint density at radius 3 is 0.686 bits per heavy atom. The van der Waals surface area contributed by atoms with Crippen LogP contribution < -0.4 is 43.1 Å². The average molecular weight is 611 g/mol. The molecule has 0 aromatic heterocycles. The maximum absolute atomic E-state index is 11.0. The molecule has 0 aliphatic rings. The highest BCUT2D eigenvalue weighted by Crippen LogP contribution is 2.42. The first-order valence-corrected chi connectivity index (χ1v) is 15.2. The normalized spacial score (nSPS) is 11.4. The predicted octanol–water partition coefficient (Wildman–Crippen LogP) is 0.826. The minimum absolute atomic E-state index is 0. The zero-order chi connectivity index (χ0) is 22.2. The van der Waals surface area contributed by atoms with E-state index in [4.69, 9.17) is 39.1 Å². The third-order valence-electron chi connectivity index (χ3n) is 3.24. The smallest absolute Gasteiger partial charge is 0.339 e. The molecule has 29 N–H and O–H groups in total. The van der Waals surface area contributed by atoms with Gasteiger partial charge >= 0.3 is 30.4 Å². The van der Waals surface area contributed by atoms with Crippen LogP contribution in [0, 0.1) is 0 Å². The number of nitrogens with zero attached hydrogens (tertiary/aromatic N) is 2. The highest BCUT2D eigenvalue weighted by molar-refractivity contribution is 7.53. The maximum Gasteiger partial charge on any atom is 0.339 e. The molecule has 0 rings (SSSR count). The van der Waals surface area contributed by atoms with Crippen molar-refractivity contribution in [2.45, 2.75) is 25.7 Å². The van der Waals surface area contributed by atoms with Gasteiger partial charge in [0.2, 0.25) is 0 Å². The van der Waals surface area contributed by atoms with Gasteiger partial charge in [0.25, 0.3) is 0 Å². The van der Waals surface area contributed by atoms with Gasteiger partial charge in [-0.2, -0.15) is 0 Å². The van der Waals surface area contributed by atoms with E-state index in [0.717, 1.165) is 9.80 Å². The average Bonchev–Trinajstić information content (AvgIpc) is 2.34. The summed E-state index contributed by atoms with van der Waals surface area (Å²) in [7, 11) is -18.0. The molecule has 0 fully saturated rings. The maximum atomic E-state index is 11.0. The molecule has 0 radical (unpaired) electrons. The van der Waals surface area contributed by atoms with E-state index in [0.29, 0.717) is 25.7 Å². The third kappa shape index (κ3) is 41.6. The highest BCUT2D eigenvalue weighted by atomic mass is 31.2. The van der Waals surface area contributed by atoms with Crippen molar-refractivity contribution in [3.05, 3.63) is 0 Å². The van der Waals surface area contributed by atoms with Gasteiger partial charge in [-0.15, -0.1) is 0 Å². The Kier molecular flexibility index (Phi) is 37.2. The second-order valence-electron chi connectivity index (χ2n) is 6.43. The lowest BCUT2D eigenvalue weighted by molar-refractivity contribution is 0.264. The summed E-state index contributed by atoms with van der Waals surface area (Å²) in [6, 6.07) is 0. The third-order valence-corrected chi connectivity index (χ3v) is 6.31. The van der Waals surface area contributed by atoms with Crippen LogP contribution in [-0.2, 0) is 18.3 Å². The minimum Gasteiger partial charge on any atom is -0.344 e. The first-order chi connectivity index (χ1) is 12.4. The summed E-state index contributed by atoms with van der Waals surface area (Å²) >= 11 is 0. The first-order valence-electron chi connectivity index (χ1n) is 7.99. The molecule has 0 heterocycles. The van der Waals surface area contributed by atoms with Crippen molar-refractivity contribution in [2.24, 2.45) is 0 Å². The summed E-state index contributed by atoms with van der Waals surface area (Å²) < 4.78 is 44.1. The van der Waals surface area contributed by atoms with Crippen LogP contribution in [0.4, 0.5) is 0 Å². The lowest BCUT2D eigenvalue weighted by Crippen LogP contribution is -2.28. The van der Waals surface area contributed by atoms with E-state index in [2.05, 4.69) is 0 Å². The summed E-state index contributed by atoms with van der Waals surface area (Å²) in [5, 5.41) is 0. The second kappa shape index (κ2) is 23.4. The van der Waals surface area contributed by atoms with Gasteiger partial charge in [-0.25, -0.2) is 0 Å². The molecule has 0 aromatic rings. The Balaban J connectivity index is -0.000000174. The molecule has 0 bridgehead atoms. The van der Waals surface area contributed by atoms with Crippen LogP contribution in [0.25, 0.3) is 0 Å². The quantitative estimate of drug-likeness (QED) is 0.0899. The Hall–Kier alpha value is 0.240. The van der Waals surface area contributed by atoms with Crippen molar-refractivity contribution < 1.29 is 57.4 Å². The van der Waals surface area contributed by atoms with Crippen molar-refractivity contribution in [3.8, 4) is 0 Å². The fourth-order valence-corrected chi connectivity index (χ4v) is 5.80. The molecular formula is C10H49N9O12P4. The van der Waals surface area contributed by atoms with Gasteiger partial charge in [-0.3, -0.25) is 28.1 Å². The van der Waals surface area contributed by atoms with Gasteiger partial charge in [0.05, 0.1) is 0 Å². The standard InChI is InChI=1S/C10H28N2O12P4.7H3N/c13-25(14,15)7-11(8-26(16,17)18)5-3-1-2-4-6-12(9-27(19,20)21)10-28(22,23)24;;;;;;;/h1-10H2,(H2,13,14,15)(H2,16,17,18)(H2,19,20,21)(H2,22,23,24);7*1H3. The van der Waals surface area contributed by atoms with Gasteiger partial charge in [-0.05, 0) is 25.9 Å². The molecule has 0 atom stereocenters. The van der Waals surface area contributed by atoms with E-state index < -0.39 is 55.5 Å². The molecule has 0 aliphatic carbocycles. The monoisotopic (exact) mass is 611 g/mol. The van der Waals surface area contributed by atoms with Crippen LogP contribution in [-0.4, -0.2) is 87.2 Å². The summed E-state index contributed by atoms with van der Waals surface area (Å²) in [6.07, 6.45) is -1.55. The summed E-state index contributed by atoms with van der Waals surface area (Å²) in [4.78, 5) is 73.6. The van der Waals surface area contributed by atoms with E-state index in [9.17, 15) is 18.3 Å². The number of hydrogen-bond donors (Lipinski definition) is 15. The SMILES string of the molecule is N.N.N.N.N.N.N.O=P(O)(O)CN(CCCCCCN(CP(=O)(O)O)CP(=O)(O)O)CP(=O)(O)O. The Morgan fingerprint density at radius 2 is 0.543 bits per heavy atom. The zero-order valence-electron chi connectivity index (χ0n) is 19.9. The van der Waals surface area contributed by atoms with Crippen LogP contribution >= 0.6 is 30.4 Å². The van der Waals surface area contributed by atoms with Crippen LogP contribution in [0.3, 0.4) is 0 Å². The van der Waals surface area contributed by atoms with E-state index in [1.54, 1.807) is 0 Å². The van der Waals surface area contributed by atoms with Gasteiger partial charge in [-0.1, -0.05) is 12.8 Å². The zero-order valence-corrected chi connectivity index (χ0v) is 23.5. The van der Waals surface area contributed by atoms with Crippen molar-refractivity contribution in [2.75, 3.05) is 38.2 Å². The predicted molar refractivity (Wildman–Crippen MR) is 135 cm³/mol. The van der Waals surface area contributed by atoms with Crippen molar-refractivity contribution >= 4 is 30.4 Å². The van der Waals surface area contributed by atoms with Gasteiger partial charge in [0.1, 0.15) is 25.1 Å². The van der Waals surface area contributed by atoms with Gasteiger partial charge in [0.15, 0.2) is 0 Å². The van der Waals surface area contributed by atoms with E-state index in [-0.39, 0.29) is 56.1 Å². The largest absolute Gasteiger partial charge is 0.344 e. The minimum atomic E-state index is -4.49. The number of hydrogen-bond acceptors (Lipinski definition) is 13. The highest BCUT2D eigenvalue weighted by Gasteiger charge is 2.26. The van der Waals surface area contributed by atoms with E-state index >= 15 is 0 Å². The van der Waals surface area contributed by atoms with Crippen LogP contribution in [0.2, 0.25) is 0 Å². The topological polar surface area (TPSA) is 482 Å². The van der Waals surface area contributed by atoms with Crippen molar-refractivity contribution in [3.63, 3.8) is 0 Å². The number of rotatable bonds is 15. The molecular weight excluding hydrogens is 562 g/mol. The summed E-state index contributed by atoms with van der Waals surface area (Å²) in [5.41, 5.74) is 0. The first kappa shape index (κ1) is 55.7. The fraction of sp³-hybridized carbons (Fsp3) is 1.00. The molecule has 0 spiro atoms. The van der Waals surface area contributed by atoms with Crippen LogP contribution in [0.1, 0.15) is 25.7 Å². The van der Waals surface area contributed by atoms with E-state index in [1.807, 2.05) is 0 Å². The van der Waals surface area contributed by atoms with Crippen molar-refractivity contribution in [1.29, 1.82) is 0 Å². The molecule has 0 aromatic carbocycles. The molecule has 21 nitrogen and oxygen atoms in total. The lowest BCUT2D eigenvalue weighted by atomic mass is 10.2. The Labute approximate surface area is 205 Å². The Bertz CT molecular complexity index is 565. The molecule has 0 unspecified atom stereocenters. The second-order valence-corrected chi connectivity index (χ2v) is 12.9. The summed E-state index contributed by atoms with van der Waals surface area (Å²) in [6.45, 7) is 0.0375. The van der Waals surface area contributed by atoms with Gasteiger partial charge in [0, 0.05) is 0 Å². The molecule has 0 amide bonds. The molecule has 226 valence electrons. The van der Waals surface area contributed by atoms with E-state index in [1.165, 1.54) is 0 Å². The Morgan fingerprint density at radius 1 is 0.371 bits per heavy atom.